The Bertz CT molecular complexity index is 5960. The van der Waals surface area contributed by atoms with E-state index in [1.54, 1.807) is 0 Å². The summed E-state index contributed by atoms with van der Waals surface area (Å²) in [6.07, 6.45) is 8.66. The first-order valence-corrected chi connectivity index (χ1v) is 31.7. The molecule has 15 aromatic carbocycles. The average molecular weight is 1160 g/mol. The van der Waals surface area contributed by atoms with Crippen LogP contribution in [0.2, 0.25) is 0 Å². The lowest BCUT2D eigenvalue weighted by atomic mass is 9.82. The van der Waals surface area contributed by atoms with Gasteiger partial charge in [0.25, 0.3) is 0 Å². The van der Waals surface area contributed by atoms with Crippen LogP contribution in [-0.2, 0) is 0 Å². The summed E-state index contributed by atoms with van der Waals surface area (Å²) in [5, 5.41) is 17.1. The van der Waals surface area contributed by atoms with E-state index in [1.807, 2.05) is 0 Å². The molecule has 0 radical (unpaired) electrons. The molecule has 0 unspecified atom stereocenters. The fourth-order valence-corrected chi connectivity index (χ4v) is 15.5. The SMILES string of the molecule is C1=CCCC(n2c(-c3ccc4cc(-c5c6ccccc6c(-c6ccc7c(-c8ccc(-n9c%10ccccc%10c%10ccccc%109)cc8)c8ccccc8c(-c8ccc(-n9c%10ccccc%10c%10ccccc%109)cc8)c7c6)c6ccccc56)ccc4c3)nc3ccccc32)=C1. The summed E-state index contributed by atoms with van der Waals surface area (Å²) >= 11 is 0. The first-order valence-electron chi connectivity index (χ1n) is 31.7. The van der Waals surface area contributed by atoms with Crippen LogP contribution in [-0.4, -0.2) is 18.7 Å². The van der Waals surface area contributed by atoms with Crippen LogP contribution in [0.3, 0.4) is 0 Å². The molecule has 0 N–H and O–H groups in total. The van der Waals surface area contributed by atoms with Crippen LogP contribution >= 0.6 is 0 Å². The van der Waals surface area contributed by atoms with Gasteiger partial charge in [-0.15, -0.1) is 0 Å². The summed E-state index contributed by atoms with van der Waals surface area (Å²) in [5.41, 5.74) is 21.2. The molecule has 0 fully saturated rings. The molecule has 4 heteroatoms. The summed E-state index contributed by atoms with van der Waals surface area (Å²) in [5.74, 6) is 0.977. The maximum absolute atomic E-state index is 5.25. The number of hydrogen-bond acceptors (Lipinski definition) is 1. The van der Waals surface area contributed by atoms with Crippen molar-refractivity contribution in [2.24, 2.45) is 0 Å². The Balaban J connectivity index is 0.797. The quantitative estimate of drug-likeness (QED) is 0.139. The van der Waals surface area contributed by atoms with Gasteiger partial charge in [0, 0.05) is 44.2 Å². The van der Waals surface area contributed by atoms with Crippen molar-refractivity contribution in [3.05, 3.63) is 315 Å². The molecule has 0 saturated carbocycles. The molecular formula is C87H56N4. The normalized spacial score (nSPS) is 12.8. The number of rotatable bonds is 8. The lowest BCUT2D eigenvalue weighted by Gasteiger charge is -2.21. The Labute approximate surface area is 525 Å². The third kappa shape index (κ3) is 7.92. The molecule has 18 aromatic rings. The molecule has 3 heterocycles. The minimum Gasteiger partial charge on any atom is -0.309 e. The van der Waals surface area contributed by atoms with Gasteiger partial charge in [-0.2, -0.15) is 0 Å². The van der Waals surface area contributed by atoms with Gasteiger partial charge in [0.05, 0.1) is 33.1 Å². The lowest BCUT2D eigenvalue weighted by molar-refractivity contribution is 0.960. The Morgan fingerprint density at radius 3 is 1.08 bits per heavy atom. The zero-order valence-electron chi connectivity index (χ0n) is 49.7. The van der Waals surface area contributed by atoms with Crippen molar-refractivity contribution in [2.45, 2.75) is 12.8 Å². The minimum absolute atomic E-state index is 0.975. The number of imidazole rings is 1. The molecule has 0 aliphatic heterocycles. The Morgan fingerprint density at radius 1 is 0.264 bits per heavy atom. The molecule has 424 valence electrons. The van der Waals surface area contributed by atoms with E-state index < -0.39 is 0 Å². The van der Waals surface area contributed by atoms with E-state index in [1.165, 1.54) is 148 Å². The van der Waals surface area contributed by atoms with Gasteiger partial charge in [0.1, 0.15) is 5.82 Å². The molecule has 3 aromatic heterocycles. The summed E-state index contributed by atoms with van der Waals surface area (Å²) in [7, 11) is 0. The standard InChI is InChI=1S/C87H56N4/c1-2-20-62(21-3-1)91-82-37-19-14-32-77(82)88-87(91)61-41-39-57-52-59(40-38-58(57)53-61)85-71-28-6-8-30-73(71)86(74-31-9-7-29-72(74)85)60-46-51-75-76(54-60)84(56-44-49-64(50-45-56)90-80-35-17-12-24-67(80)68-25-13-18-36-81(68)90)70-27-5-4-26-69(70)83(75)55-42-47-63(48-43-55)89-78-33-15-10-22-65(78)66-23-11-16-34-79(66)89/h1-2,4-20,22-54H,3,21H2. The summed E-state index contributed by atoms with van der Waals surface area (Å²) in [4.78, 5) is 5.25. The number of hydrogen-bond donors (Lipinski definition) is 0. The largest absolute Gasteiger partial charge is 0.309 e. The molecule has 0 saturated heterocycles. The van der Waals surface area contributed by atoms with Gasteiger partial charge in [-0.25, -0.2) is 4.98 Å². The number of fused-ring (bicyclic) bond motifs is 12. The lowest BCUT2D eigenvalue weighted by Crippen LogP contribution is -2.01. The number of nitrogens with zero attached hydrogens (tertiary/aromatic N) is 4. The molecule has 1 aliphatic rings. The van der Waals surface area contributed by atoms with Gasteiger partial charge < -0.3 is 9.13 Å². The van der Waals surface area contributed by atoms with Crippen LogP contribution in [0.5, 0.6) is 0 Å². The molecule has 0 bridgehead atoms. The maximum Gasteiger partial charge on any atom is 0.145 e. The highest BCUT2D eigenvalue weighted by Gasteiger charge is 2.24. The van der Waals surface area contributed by atoms with E-state index >= 15 is 0 Å². The minimum atomic E-state index is 0.975. The van der Waals surface area contributed by atoms with Crippen molar-refractivity contribution in [3.8, 4) is 67.3 Å². The Hall–Kier alpha value is -11.9. The predicted molar refractivity (Wildman–Crippen MR) is 386 cm³/mol. The first kappa shape index (κ1) is 51.2. The van der Waals surface area contributed by atoms with Crippen LogP contribution in [0.4, 0.5) is 0 Å². The topological polar surface area (TPSA) is 27.7 Å². The van der Waals surface area contributed by atoms with Crippen molar-refractivity contribution in [2.75, 3.05) is 0 Å². The average Bonchev–Trinajstić information content (AvgIpc) is 1.64. The second-order valence-electron chi connectivity index (χ2n) is 24.4. The second-order valence-corrected chi connectivity index (χ2v) is 24.4. The van der Waals surface area contributed by atoms with Crippen molar-refractivity contribution in [1.82, 2.24) is 18.7 Å². The molecule has 19 rings (SSSR count). The highest BCUT2D eigenvalue weighted by Crippen LogP contribution is 2.49. The Morgan fingerprint density at radius 2 is 0.615 bits per heavy atom. The number of benzene rings is 15. The van der Waals surface area contributed by atoms with Gasteiger partial charge in [0.2, 0.25) is 0 Å². The predicted octanol–water partition coefficient (Wildman–Crippen LogP) is 23.5. The fourth-order valence-electron chi connectivity index (χ4n) is 15.5. The van der Waals surface area contributed by atoms with Gasteiger partial charge in [-0.05, 0) is 196 Å². The second kappa shape index (κ2) is 20.4. The van der Waals surface area contributed by atoms with Crippen LogP contribution < -0.4 is 0 Å². The smallest absolute Gasteiger partial charge is 0.145 e. The van der Waals surface area contributed by atoms with E-state index in [9.17, 15) is 0 Å². The van der Waals surface area contributed by atoms with Crippen molar-refractivity contribution in [3.63, 3.8) is 0 Å². The van der Waals surface area contributed by atoms with E-state index in [0.717, 1.165) is 46.6 Å². The van der Waals surface area contributed by atoms with Crippen LogP contribution in [0.1, 0.15) is 12.8 Å². The van der Waals surface area contributed by atoms with Gasteiger partial charge in [-0.1, -0.05) is 231 Å². The van der Waals surface area contributed by atoms with Gasteiger partial charge >= 0.3 is 0 Å². The molecule has 0 amide bonds. The van der Waals surface area contributed by atoms with Crippen LogP contribution in [0, 0.1) is 0 Å². The molecule has 1 aliphatic carbocycles. The van der Waals surface area contributed by atoms with E-state index in [2.05, 4.69) is 329 Å². The van der Waals surface area contributed by atoms with Gasteiger partial charge in [0.15, 0.2) is 0 Å². The highest BCUT2D eigenvalue weighted by molar-refractivity contribution is 6.25. The Kier molecular flexibility index (Phi) is 11.5. The monoisotopic (exact) mass is 1160 g/mol. The van der Waals surface area contributed by atoms with Crippen molar-refractivity contribution in [1.29, 1.82) is 0 Å². The van der Waals surface area contributed by atoms with Crippen molar-refractivity contribution >= 4 is 114 Å². The van der Waals surface area contributed by atoms with E-state index in [0.29, 0.717) is 0 Å². The van der Waals surface area contributed by atoms with Gasteiger partial charge in [-0.3, -0.25) is 4.57 Å². The number of para-hydroxylation sites is 6. The zero-order valence-corrected chi connectivity index (χ0v) is 49.7. The third-order valence-electron chi connectivity index (χ3n) is 19.5. The van der Waals surface area contributed by atoms with Crippen molar-refractivity contribution < 1.29 is 0 Å². The number of allylic oxidation sites excluding steroid dienone is 4. The molecule has 91 heavy (non-hydrogen) atoms. The zero-order chi connectivity index (χ0) is 59.7. The van der Waals surface area contributed by atoms with E-state index in [4.69, 9.17) is 4.98 Å². The maximum atomic E-state index is 5.25. The molecule has 0 atom stereocenters. The summed E-state index contributed by atoms with van der Waals surface area (Å²) in [6.45, 7) is 0. The molecule has 0 spiro atoms. The number of aromatic nitrogens is 4. The first-order chi connectivity index (χ1) is 45.2. The third-order valence-corrected chi connectivity index (χ3v) is 19.5. The molecular weight excluding hydrogens is 1100 g/mol. The van der Waals surface area contributed by atoms with Crippen LogP contribution in [0.15, 0.2) is 315 Å². The molecule has 4 nitrogen and oxygen atoms in total. The van der Waals surface area contributed by atoms with Crippen LogP contribution in [0.25, 0.3) is 181 Å². The fraction of sp³-hybridized carbons (Fsp3) is 0.0230. The summed E-state index contributed by atoms with van der Waals surface area (Å²) in [6, 6.07) is 111. The summed E-state index contributed by atoms with van der Waals surface area (Å²) < 4.78 is 7.19. The van der Waals surface area contributed by atoms with E-state index in [-0.39, 0.29) is 0 Å². The highest BCUT2D eigenvalue weighted by atomic mass is 15.1.